The van der Waals surface area contributed by atoms with Gasteiger partial charge in [0.25, 0.3) is 0 Å². The predicted molar refractivity (Wildman–Crippen MR) is 70.0 cm³/mol. The van der Waals surface area contributed by atoms with Crippen LogP contribution < -0.4 is 5.32 Å². The van der Waals surface area contributed by atoms with E-state index in [1.54, 1.807) is 0 Å². The summed E-state index contributed by atoms with van der Waals surface area (Å²) in [6.07, 6.45) is 2.78. The molecule has 1 heterocycles. The first kappa shape index (κ1) is 11.9. The maximum Gasteiger partial charge on any atom is 0.110 e. The molecule has 0 saturated carbocycles. The van der Waals surface area contributed by atoms with E-state index in [0.29, 0.717) is 0 Å². The molecule has 1 aromatic carbocycles. The summed E-state index contributed by atoms with van der Waals surface area (Å²) in [7, 11) is 0. The van der Waals surface area contributed by atoms with Crippen molar-refractivity contribution in [2.45, 2.75) is 26.8 Å². The van der Waals surface area contributed by atoms with Crippen molar-refractivity contribution in [2.24, 2.45) is 0 Å². The lowest BCUT2D eigenvalue weighted by atomic mass is 10.1. The lowest BCUT2D eigenvalue weighted by molar-refractivity contribution is 0.712. The van der Waals surface area contributed by atoms with E-state index < -0.39 is 0 Å². The quantitative estimate of drug-likeness (QED) is 0.826. The van der Waals surface area contributed by atoms with E-state index >= 15 is 0 Å². The molecule has 0 radical (unpaired) electrons. The van der Waals surface area contributed by atoms with Gasteiger partial charge in [0.2, 0.25) is 0 Å². The van der Waals surface area contributed by atoms with Crippen LogP contribution in [0.1, 0.15) is 29.6 Å². The smallest absolute Gasteiger partial charge is 0.110 e. The SMILES string of the molecule is CCNCc1cnc(Cc2ccc(C)cc2)[nH]1. The molecule has 3 nitrogen and oxygen atoms in total. The molecule has 2 N–H and O–H groups in total. The second kappa shape index (κ2) is 5.64. The van der Waals surface area contributed by atoms with Crippen molar-refractivity contribution >= 4 is 0 Å². The Morgan fingerprint density at radius 2 is 2.00 bits per heavy atom. The van der Waals surface area contributed by atoms with E-state index in [-0.39, 0.29) is 0 Å². The van der Waals surface area contributed by atoms with Crippen molar-refractivity contribution in [3.05, 3.63) is 53.1 Å². The topological polar surface area (TPSA) is 40.7 Å². The first-order valence-corrected chi connectivity index (χ1v) is 6.07. The molecule has 2 rings (SSSR count). The standard InChI is InChI=1S/C14H19N3/c1-3-15-9-13-10-16-14(17-13)8-12-6-4-11(2)5-7-12/h4-7,10,15H,3,8-9H2,1-2H3,(H,16,17). The van der Waals surface area contributed by atoms with Crippen molar-refractivity contribution in [3.63, 3.8) is 0 Å². The largest absolute Gasteiger partial charge is 0.345 e. The van der Waals surface area contributed by atoms with E-state index in [2.05, 4.69) is 53.4 Å². The number of rotatable bonds is 5. The van der Waals surface area contributed by atoms with Crippen LogP contribution in [0.2, 0.25) is 0 Å². The zero-order chi connectivity index (χ0) is 12.1. The van der Waals surface area contributed by atoms with Crippen molar-refractivity contribution in [3.8, 4) is 0 Å². The Kier molecular flexibility index (Phi) is 3.94. The van der Waals surface area contributed by atoms with Crippen LogP contribution in [0.5, 0.6) is 0 Å². The molecule has 1 aromatic heterocycles. The number of imidazole rings is 1. The van der Waals surface area contributed by atoms with Crippen LogP contribution in [0, 0.1) is 6.92 Å². The lowest BCUT2D eigenvalue weighted by Gasteiger charge is -2.00. The Morgan fingerprint density at radius 1 is 1.24 bits per heavy atom. The molecule has 90 valence electrons. The molecule has 0 aliphatic heterocycles. The van der Waals surface area contributed by atoms with E-state index in [4.69, 9.17) is 0 Å². The highest BCUT2D eigenvalue weighted by molar-refractivity contribution is 5.24. The number of aromatic nitrogens is 2. The summed E-state index contributed by atoms with van der Waals surface area (Å²) in [5.41, 5.74) is 3.73. The highest BCUT2D eigenvalue weighted by atomic mass is 15.0. The molecule has 3 heteroatoms. The molecule has 0 aliphatic rings. The fraction of sp³-hybridized carbons (Fsp3) is 0.357. The highest BCUT2D eigenvalue weighted by Gasteiger charge is 2.01. The third-order valence-electron chi connectivity index (χ3n) is 2.74. The van der Waals surface area contributed by atoms with Gasteiger partial charge in [-0.05, 0) is 19.0 Å². The Morgan fingerprint density at radius 3 is 2.71 bits per heavy atom. The van der Waals surface area contributed by atoms with Crippen molar-refractivity contribution < 1.29 is 0 Å². The van der Waals surface area contributed by atoms with E-state index in [0.717, 1.165) is 31.0 Å². The summed E-state index contributed by atoms with van der Waals surface area (Å²) >= 11 is 0. The average molecular weight is 229 g/mol. The predicted octanol–water partition coefficient (Wildman–Crippen LogP) is 2.42. The van der Waals surface area contributed by atoms with Gasteiger partial charge in [-0.1, -0.05) is 36.8 Å². The van der Waals surface area contributed by atoms with Crippen molar-refractivity contribution in [1.29, 1.82) is 0 Å². The third-order valence-corrected chi connectivity index (χ3v) is 2.74. The van der Waals surface area contributed by atoms with Crippen LogP contribution in [0.25, 0.3) is 0 Å². The van der Waals surface area contributed by atoms with Crippen LogP contribution in [0.15, 0.2) is 30.5 Å². The number of nitrogens with one attached hydrogen (secondary N) is 2. The Balaban J connectivity index is 1.98. The second-order valence-electron chi connectivity index (χ2n) is 4.30. The maximum atomic E-state index is 4.39. The number of H-pyrrole nitrogens is 1. The first-order valence-electron chi connectivity index (χ1n) is 6.07. The van der Waals surface area contributed by atoms with Crippen LogP contribution in [0.3, 0.4) is 0 Å². The Bertz CT molecular complexity index is 457. The molecule has 0 unspecified atom stereocenters. The first-order chi connectivity index (χ1) is 8.28. The van der Waals surface area contributed by atoms with Crippen molar-refractivity contribution in [2.75, 3.05) is 6.54 Å². The average Bonchev–Trinajstić information content (AvgIpc) is 2.77. The molecule has 2 aromatic rings. The van der Waals surface area contributed by atoms with Gasteiger partial charge in [0.05, 0.1) is 0 Å². The summed E-state index contributed by atoms with van der Waals surface area (Å²) in [4.78, 5) is 7.73. The third kappa shape index (κ3) is 3.43. The minimum Gasteiger partial charge on any atom is -0.345 e. The molecule has 0 bridgehead atoms. The number of aromatic amines is 1. The van der Waals surface area contributed by atoms with E-state index in [1.165, 1.54) is 11.1 Å². The molecule has 17 heavy (non-hydrogen) atoms. The number of aryl methyl sites for hydroxylation is 1. The van der Waals surface area contributed by atoms with Crippen LogP contribution in [-0.2, 0) is 13.0 Å². The monoisotopic (exact) mass is 229 g/mol. The summed E-state index contributed by atoms with van der Waals surface area (Å²) in [6, 6.07) is 8.58. The van der Waals surface area contributed by atoms with Crippen LogP contribution in [0.4, 0.5) is 0 Å². The molecule has 0 aliphatic carbocycles. The summed E-state index contributed by atoms with van der Waals surface area (Å²) in [5.74, 6) is 1.03. The maximum absolute atomic E-state index is 4.39. The molecule has 0 fully saturated rings. The molecule has 0 saturated heterocycles. The zero-order valence-electron chi connectivity index (χ0n) is 10.5. The molecular weight excluding hydrogens is 210 g/mol. The van der Waals surface area contributed by atoms with Gasteiger partial charge < -0.3 is 10.3 Å². The van der Waals surface area contributed by atoms with Gasteiger partial charge in [-0.25, -0.2) is 4.98 Å². The van der Waals surface area contributed by atoms with Gasteiger partial charge in [-0.15, -0.1) is 0 Å². The summed E-state index contributed by atoms with van der Waals surface area (Å²) < 4.78 is 0. The van der Waals surface area contributed by atoms with Gasteiger partial charge in [0.15, 0.2) is 0 Å². The van der Waals surface area contributed by atoms with Gasteiger partial charge in [0.1, 0.15) is 5.82 Å². The fourth-order valence-corrected chi connectivity index (χ4v) is 1.74. The molecule has 0 amide bonds. The van der Waals surface area contributed by atoms with Crippen LogP contribution in [-0.4, -0.2) is 16.5 Å². The fourth-order valence-electron chi connectivity index (χ4n) is 1.74. The Hall–Kier alpha value is -1.61. The molecule has 0 spiro atoms. The minimum atomic E-state index is 0.859. The number of hydrogen-bond acceptors (Lipinski definition) is 2. The van der Waals surface area contributed by atoms with Crippen LogP contribution >= 0.6 is 0 Å². The van der Waals surface area contributed by atoms with Gasteiger partial charge >= 0.3 is 0 Å². The van der Waals surface area contributed by atoms with Gasteiger partial charge in [0, 0.05) is 24.9 Å². The minimum absolute atomic E-state index is 0.859. The van der Waals surface area contributed by atoms with Crippen molar-refractivity contribution in [1.82, 2.24) is 15.3 Å². The Labute approximate surface area is 102 Å². The number of benzene rings is 1. The second-order valence-corrected chi connectivity index (χ2v) is 4.30. The molecular formula is C14H19N3. The van der Waals surface area contributed by atoms with Gasteiger partial charge in [-0.3, -0.25) is 0 Å². The number of nitrogens with zero attached hydrogens (tertiary/aromatic N) is 1. The van der Waals surface area contributed by atoms with E-state index in [1.807, 2.05) is 6.20 Å². The normalized spacial score (nSPS) is 10.7. The van der Waals surface area contributed by atoms with Gasteiger partial charge in [-0.2, -0.15) is 0 Å². The zero-order valence-corrected chi connectivity index (χ0v) is 10.5. The number of hydrogen-bond donors (Lipinski definition) is 2. The molecule has 0 atom stereocenters. The highest BCUT2D eigenvalue weighted by Crippen LogP contribution is 2.08. The van der Waals surface area contributed by atoms with E-state index in [9.17, 15) is 0 Å². The lowest BCUT2D eigenvalue weighted by Crippen LogP contribution is -2.11. The summed E-state index contributed by atoms with van der Waals surface area (Å²) in [6.45, 7) is 6.04. The summed E-state index contributed by atoms with van der Waals surface area (Å²) in [5, 5.41) is 3.28.